The standard InChI is InChI=1S/C15H21FN2/c1-10(17)12-4-7-15(14(16)8-12)18(13-5-6-13)9-11-2-3-11/h4,7-8,10-11,13H,2-3,5-6,9,17H2,1H3/t10-/m1/s1. The predicted molar refractivity (Wildman–Crippen MR) is 72.1 cm³/mol. The average Bonchev–Trinajstić information content (AvgIpc) is 3.19. The van der Waals surface area contributed by atoms with Gasteiger partial charge in [0.25, 0.3) is 0 Å². The third-order valence-corrected chi connectivity index (χ3v) is 3.95. The third kappa shape index (κ3) is 2.51. The fraction of sp³-hybridized carbons (Fsp3) is 0.600. The Bertz CT molecular complexity index is 436. The van der Waals surface area contributed by atoms with E-state index in [1.165, 1.54) is 25.7 Å². The SMILES string of the molecule is C[C@@H](N)c1ccc(N(CC2CC2)C2CC2)c(F)c1. The van der Waals surface area contributed by atoms with E-state index in [1.54, 1.807) is 6.07 Å². The number of hydrogen-bond donors (Lipinski definition) is 1. The highest BCUT2D eigenvalue weighted by molar-refractivity contribution is 5.51. The lowest BCUT2D eigenvalue weighted by Gasteiger charge is -2.25. The summed E-state index contributed by atoms with van der Waals surface area (Å²) in [7, 11) is 0. The van der Waals surface area contributed by atoms with Gasteiger partial charge in [-0.25, -0.2) is 4.39 Å². The van der Waals surface area contributed by atoms with Gasteiger partial charge in [-0.1, -0.05) is 6.07 Å². The molecule has 2 aliphatic rings. The summed E-state index contributed by atoms with van der Waals surface area (Å²) in [4.78, 5) is 2.28. The molecule has 0 amide bonds. The van der Waals surface area contributed by atoms with E-state index in [0.29, 0.717) is 6.04 Å². The largest absolute Gasteiger partial charge is 0.366 e. The van der Waals surface area contributed by atoms with Crippen molar-refractivity contribution in [2.24, 2.45) is 11.7 Å². The van der Waals surface area contributed by atoms with Crippen LogP contribution in [0.15, 0.2) is 18.2 Å². The molecule has 3 heteroatoms. The van der Waals surface area contributed by atoms with Crippen LogP contribution in [0.2, 0.25) is 0 Å². The monoisotopic (exact) mass is 248 g/mol. The van der Waals surface area contributed by atoms with Gasteiger partial charge in [0.15, 0.2) is 0 Å². The molecular weight excluding hydrogens is 227 g/mol. The van der Waals surface area contributed by atoms with Crippen LogP contribution >= 0.6 is 0 Å². The minimum absolute atomic E-state index is 0.105. The Morgan fingerprint density at radius 2 is 2.06 bits per heavy atom. The third-order valence-electron chi connectivity index (χ3n) is 3.95. The van der Waals surface area contributed by atoms with Crippen molar-refractivity contribution in [1.29, 1.82) is 0 Å². The Morgan fingerprint density at radius 1 is 1.33 bits per heavy atom. The van der Waals surface area contributed by atoms with E-state index in [1.807, 2.05) is 19.1 Å². The molecule has 0 bridgehead atoms. The highest BCUT2D eigenvalue weighted by Crippen LogP contribution is 2.38. The number of hydrogen-bond acceptors (Lipinski definition) is 2. The molecule has 0 spiro atoms. The van der Waals surface area contributed by atoms with Gasteiger partial charge in [-0.3, -0.25) is 0 Å². The van der Waals surface area contributed by atoms with Gasteiger partial charge in [0.1, 0.15) is 5.82 Å². The molecule has 0 radical (unpaired) electrons. The van der Waals surface area contributed by atoms with Crippen molar-refractivity contribution in [2.45, 2.75) is 44.7 Å². The molecule has 1 atom stereocenters. The topological polar surface area (TPSA) is 29.3 Å². The minimum atomic E-state index is -0.114. The second kappa shape index (κ2) is 4.54. The fourth-order valence-electron chi connectivity index (χ4n) is 2.45. The van der Waals surface area contributed by atoms with Crippen molar-refractivity contribution in [3.8, 4) is 0 Å². The van der Waals surface area contributed by atoms with Crippen LogP contribution in [0.4, 0.5) is 10.1 Å². The zero-order chi connectivity index (χ0) is 12.7. The Balaban J connectivity index is 1.83. The van der Waals surface area contributed by atoms with Crippen LogP contribution in [0.5, 0.6) is 0 Å². The van der Waals surface area contributed by atoms with Crippen molar-refractivity contribution < 1.29 is 4.39 Å². The molecule has 2 aliphatic carbocycles. The first-order chi connectivity index (χ1) is 8.65. The maximum atomic E-state index is 14.2. The molecule has 1 aromatic carbocycles. The second-order valence-corrected chi connectivity index (χ2v) is 5.83. The molecule has 18 heavy (non-hydrogen) atoms. The molecule has 0 saturated heterocycles. The Hall–Kier alpha value is -1.09. The van der Waals surface area contributed by atoms with Crippen molar-refractivity contribution in [1.82, 2.24) is 0 Å². The second-order valence-electron chi connectivity index (χ2n) is 5.83. The number of nitrogens with zero attached hydrogens (tertiary/aromatic N) is 1. The lowest BCUT2D eigenvalue weighted by molar-refractivity contribution is 0.604. The number of benzene rings is 1. The number of rotatable bonds is 5. The summed E-state index contributed by atoms with van der Waals surface area (Å²) in [5.74, 6) is 0.676. The molecule has 2 saturated carbocycles. The van der Waals surface area contributed by atoms with E-state index < -0.39 is 0 Å². The van der Waals surface area contributed by atoms with Crippen molar-refractivity contribution in [3.63, 3.8) is 0 Å². The van der Waals surface area contributed by atoms with Crippen LogP contribution in [-0.2, 0) is 0 Å². The van der Waals surface area contributed by atoms with E-state index in [2.05, 4.69) is 4.90 Å². The Labute approximate surface area is 108 Å². The molecule has 1 aromatic rings. The van der Waals surface area contributed by atoms with Crippen molar-refractivity contribution in [2.75, 3.05) is 11.4 Å². The molecule has 0 aromatic heterocycles. The molecule has 0 aliphatic heterocycles. The summed E-state index contributed by atoms with van der Waals surface area (Å²) in [6, 6.07) is 5.94. The number of nitrogens with two attached hydrogens (primary N) is 1. The van der Waals surface area contributed by atoms with Gasteiger partial charge >= 0.3 is 0 Å². The minimum Gasteiger partial charge on any atom is -0.366 e. The molecule has 2 nitrogen and oxygen atoms in total. The zero-order valence-corrected chi connectivity index (χ0v) is 10.9. The van der Waals surface area contributed by atoms with Crippen molar-refractivity contribution in [3.05, 3.63) is 29.6 Å². The lowest BCUT2D eigenvalue weighted by Crippen LogP contribution is -2.29. The van der Waals surface area contributed by atoms with Crippen molar-refractivity contribution >= 4 is 5.69 Å². The number of halogens is 1. The molecule has 3 rings (SSSR count). The van der Waals surface area contributed by atoms with Crippen LogP contribution in [-0.4, -0.2) is 12.6 Å². The first-order valence-electron chi connectivity index (χ1n) is 6.97. The van der Waals surface area contributed by atoms with Gasteiger partial charge in [0, 0.05) is 18.6 Å². The van der Waals surface area contributed by atoms with Gasteiger partial charge in [-0.05, 0) is 56.2 Å². The zero-order valence-electron chi connectivity index (χ0n) is 10.9. The smallest absolute Gasteiger partial charge is 0.146 e. The van der Waals surface area contributed by atoms with E-state index in [9.17, 15) is 4.39 Å². The Morgan fingerprint density at radius 3 is 2.56 bits per heavy atom. The first-order valence-corrected chi connectivity index (χ1v) is 6.97. The molecule has 2 fully saturated rings. The van der Waals surface area contributed by atoms with E-state index in [-0.39, 0.29) is 11.9 Å². The normalized spacial score (nSPS) is 20.8. The van der Waals surface area contributed by atoms with E-state index in [0.717, 1.165) is 23.7 Å². The summed E-state index contributed by atoms with van der Waals surface area (Å²) < 4.78 is 14.2. The van der Waals surface area contributed by atoms with Crippen LogP contribution in [0.25, 0.3) is 0 Å². The fourth-order valence-corrected chi connectivity index (χ4v) is 2.45. The Kier molecular flexibility index (Phi) is 3.02. The maximum Gasteiger partial charge on any atom is 0.146 e. The molecular formula is C15H21FN2. The predicted octanol–water partition coefficient (Wildman–Crippen LogP) is 3.22. The summed E-state index contributed by atoms with van der Waals surface area (Å²) in [5, 5.41) is 0. The van der Waals surface area contributed by atoms with Gasteiger partial charge < -0.3 is 10.6 Å². The summed E-state index contributed by atoms with van der Waals surface area (Å²) in [5.41, 5.74) is 7.44. The van der Waals surface area contributed by atoms with Gasteiger partial charge in [0.05, 0.1) is 5.69 Å². The molecule has 98 valence electrons. The summed E-state index contributed by atoms with van der Waals surface area (Å²) in [6.45, 7) is 2.91. The number of anilines is 1. The summed E-state index contributed by atoms with van der Waals surface area (Å²) in [6.07, 6.45) is 5.04. The van der Waals surface area contributed by atoms with Crippen LogP contribution in [0.1, 0.15) is 44.2 Å². The highest BCUT2D eigenvalue weighted by atomic mass is 19.1. The lowest BCUT2D eigenvalue weighted by atomic mass is 10.1. The van der Waals surface area contributed by atoms with Gasteiger partial charge in [-0.2, -0.15) is 0 Å². The molecule has 2 N–H and O–H groups in total. The van der Waals surface area contributed by atoms with Gasteiger partial charge in [0.2, 0.25) is 0 Å². The first kappa shape index (κ1) is 12.0. The molecule has 0 heterocycles. The van der Waals surface area contributed by atoms with Crippen LogP contribution < -0.4 is 10.6 Å². The summed E-state index contributed by atoms with van der Waals surface area (Å²) >= 11 is 0. The van der Waals surface area contributed by atoms with E-state index >= 15 is 0 Å². The molecule has 0 unspecified atom stereocenters. The highest BCUT2D eigenvalue weighted by Gasteiger charge is 2.34. The quantitative estimate of drug-likeness (QED) is 0.867. The van der Waals surface area contributed by atoms with Crippen LogP contribution in [0.3, 0.4) is 0 Å². The van der Waals surface area contributed by atoms with E-state index in [4.69, 9.17) is 5.73 Å². The van der Waals surface area contributed by atoms with Crippen LogP contribution in [0, 0.1) is 11.7 Å². The average molecular weight is 248 g/mol. The van der Waals surface area contributed by atoms with Gasteiger partial charge in [-0.15, -0.1) is 0 Å². The maximum absolute atomic E-state index is 14.2.